The van der Waals surface area contributed by atoms with Crippen molar-refractivity contribution in [2.24, 2.45) is 0 Å². The molecule has 0 aromatic rings. The van der Waals surface area contributed by atoms with Gasteiger partial charge in [-0.25, -0.2) is 4.18 Å². The third-order valence-electron chi connectivity index (χ3n) is 1.64. The first-order chi connectivity index (χ1) is 4.99. The fraction of sp³-hybridized carbons (Fsp3) is 1.00. The zero-order valence-corrected chi connectivity index (χ0v) is 8.37. The molecule has 0 bridgehead atoms. The molecule has 0 saturated carbocycles. The zero-order chi connectivity index (χ0) is 8.48. The first kappa shape index (κ1) is 9.35. The van der Waals surface area contributed by atoms with E-state index in [1.807, 2.05) is 0 Å². The summed E-state index contributed by atoms with van der Waals surface area (Å²) in [6.45, 7) is 0. The molecule has 1 rings (SSSR count). The summed E-state index contributed by atoms with van der Waals surface area (Å²) in [5.74, 6) is 1.11. The minimum atomic E-state index is -3.23. The van der Waals surface area contributed by atoms with Crippen LogP contribution in [-0.4, -0.2) is 32.1 Å². The van der Waals surface area contributed by atoms with Crippen molar-refractivity contribution in [1.82, 2.24) is 0 Å². The predicted octanol–water partition coefficient (Wildman–Crippen LogP) is 0.331. The Balaban J connectivity index is 2.50. The zero-order valence-electron chi connectivity index (χ0n) is 6.74. The second-order valence-corrected chi connectivity index (χ2v) is 6.68. The summed E-state index contributed by atoms with van der Waals surface area (Å²) in [4.78, 5) is 0. The standard InChI is InChI=1S/C6H13O3S2/c1-10-5-3-4-6(10)9-11(2,7)8/h6H,3-5H2,1-2H3/q+1. The Morgan fingerprint density at radius 2 is 2.18 bits per heavy atom. The molecule has 0 radical (unpaired) electrons. The number of hydrogen-bond acceptors (Lipinski definition) is 3. The Hall–Kier alpha value is 0.260. The highest BCUT2D eigenvalue weighted by Crippen LogP contribution is 2.22. The lowest BCUT2D eigenvalue weighted by Gasteiger charge is -2.05. The van der Waals surface area contributed by atoms with E-state index in [1.165, 1.54) is 0 Å². The Morgan fingerprint density at radius 3 is 2.55 bits per heavy atom. The van der Waals surface area contributed by atoms with Crippen LogP contribution in [0.2, 0.25) is 0 Å². The van der Waals surface area contributed by atoms with E-state index in [4.69, 9.17) is 4.18 Å². The van der Waals surface area contributed by atoms with Gasteiger partial charge in [0, 0.05) is 17.3 Å². The van der Waals surface area contributed by atoms with Crippen molar-refractivity contribution < 1.29 is 12.6 Å². The molecule has 1 aliphatic heterocycles. The Kier molecular flexibility index (Phi) is 2.83. The van der Waals surface area contributed by atoms with E-state index >= 15 is 0 Å². The molecule has 1 saturated heterocycles. The molecular weight excluding hydrogens is 184 g/mol. The second kappa shape index (κ2) is 3.33. The summed E-state index contributed by atoms with van der Waals surface area (Å²) >= 11 is 0. The molecule has 1 heterocycles. The lowest BCUT2D eigenvalue weighted by atomic mass is 10.4. The minimum absolute atomic E-state index is 0.0370. The molecule has 0 amide bonds. The summed E-state index contributed by atoms with van der Waals surface area (Å²) in [6, 6.07) is 0. The maximum atomic E-state index is 10.7. The number of rotatable bonds is 2. The van der Waals surface area contributed by atoms with E-state index in [0.717, 1.165) is 24.9 Å². The van der Waals surface area contributed by atoms with Crippen LogP contribution in [0, 0.1) is 0 Å². The molecule has 11 heavy (non-hydrogen) atoms. The SMILES string of the molecule is C[S+]1CCCC1OS(C)(=O)=O. The van der Waals surface area contributed by atoms with Gasteiger partial charge in [-0.1, -0.05) is 0 Å². The van der Waals surface area contributed by atoms with E-state index in [2.05, 4.69) is 6.26 Å². The molecule has 2 unspecified atom stereocenters. The van der Waals surface area contributed by atoms with Gasteiger partial charge in [-0.05, 0) is 6.42 Å². The summed E-state index contributed by atoms with van der Waals surface area (Å²) in [6.07, 6.45) is 5.16. The van der Waals surface area contributed by atoms with Crippen LogP contribution >= 0.6 is 0 Å². The van der Waals surface area contributed by atoms with Crippen LogP contribution in [0.5, 0.6) is 0 Å². The van der Waals surface area contributed by atoms with Crippen molar-refractivity contribution in [3.8, 4) is 0 Å². The van der Waals surface area contributed by atoms with Crippen LogP contribution in [0.1, 0.15) is 12.8 Å². The fourth-order valence-corrected chi connectivity index (χ4v) is 4.03. The Morgan fingerprint density at radius 1 is 1.55 bits per heavy atom. The molecule has 1 aliphatic rings. The van der Waals surface area contributed by atoms with Gasteiger partial charge >= 0.3 is 0 Å². The molecule has 0 N–H and O–H groups in total. The summed E-state index contributed by atoms with van der Waals surface area (Å²) in [7, 11) is -3.09. The molecule has 0 aromatic heterocycles. The highest BCUT2D eigenvalue weighted by atomic mass is 32.2. The predicted molar refractivity (Wildman–Crippen MR) is 47.1 cm³/mol. The highest BCUT2D eigenvalue weighted by molar-refractivity contribution is 7.97. The third-order valence-corrected chi connectivity index (χ3v) is 4.50. The monoisotopic (exact) mass is 197 g/mol. The fourth-order valence-electron chi connectivity index (χ4n) is 1.12. The van der Waals surface area contributed by atoms with Gasteiger partial charge in [0.25, 0.3) is 10.1 Å². The molecule has 1 fully saturated rings. The summed E-state index contributed by atoms with van der Waals surface area (Å²) < 4.78 is 26.3. The van der Waals surface area contributed by atoms with Gasteiger partial charge in [-0.3, -0.25) is 0 Å². The van der Waals surface area contributed by atoms with E-state index in [-0.39, 0.29) is 16.3 Å². The van der Waals surface area contributed by atoms with Crippen molar-refractivity contribution in [2.45, 2.75) is 18.3 Å². The summed E-state index contributed by atoms with van der Waals surface area (Å²) in [5.41, 5.74) is -0.0370. The molecule has 3 nitrogen and oxygen atoms in total. The van der Waals surface area contributed by atoms with Gasteiger partial charge in [0.2, 0.25) is 5.44 Å². The quantitative estimate of drug-likeness (QED) is 0.473. The van der Waals surface area contributed by atoms with Crippen molar-refractivity contribution in [2.75, 3.05) is 18.3 Å². The van der Waals surface area contributed by atoms with Crippen LogP contribution < -0.4 is 0 Å². The molecule has 0 aliphatic carbocycles. The van der Waals surface area contributed by atoms with Crippen molar-refractivity contribution in [1.29, 1.82) is 0 Å². The van der Waals surface area contributed by atoms with Gasteiger partial charge in [-0.2, -0.15) is 8.42 Å². The lowest BCUT2D eigenvalue weighted by molar-refractivity contribution is 0.289. The lowest BCUT2D eigenvalue weighted by Crippen LogP contribution is -2.21. The van der Waals surface area contributed by atoms with E-state index in [0.29, 0.717) is 0 Å². The topological polar surface area (TPSA) is 43.4 Å². The minimum Gasteiger partial charge on any atom is -0.217 e. The van der Waals surface area contributed by atoms with Gasteiger partial charge in [0.15, 0.2) is 0 Å². The van der Waals surface area contributed by atoms with E-state index < -0.39 is 10.1 Å². The summed E-state index contributed by atoms with van der Waals surface area (Å²) in [5, 5.41) is 0. The molecular formula is C6H13O3S2+. The van der Waals surface area contributed by atoms with Gasteiger partial charge < -0.3 is 0 Å². The highest BCUT2D eigenvalue weighted by Gasteiger charge is 2.35. The molecule has 0 spiro atoms. The Labute approximate surface area is 70.6 Å². The first-order valence-electron chi connectivity index (χ1n) is 3.48. The van der Waals surface area contributed by atoms with Crippen LogP contribution in [0.4, 0.5) is 0 Å². The molecule has 5 heteroatoms. The van der Waals surface area contributed by atoms with Gasteiger partial charge in [-0.15, -0.1) is 0 Å². The maximum Gasteiger partial charge on any atom is 0.268 e. The van der Waals surface area contributed by atoms with Crippen molar-refractivity contribution >= 4 is 21.0 Å². The number of hydrogen-bond donors (Lipinski definition) is 0. The van der Waals surface area contributed by atoms with E-state index in [9.17, 15) is 8.42 Å². The van der Waals surface area contributed by atoms with Gasteiger partial charge in [0.1, 0.15) is 12.0 Å². The van der Waals surface area contributed by atoms with Gasteiger partial charge in [0.05, 0.1) is 6.26 Å². The largest absolute Gasteiger partial charge is 0.268 e. The average Bonchev–Trinajstić information content (AvgIpc) is 2.12. The molecule has 2 atom stereocenters. The normalized spacial score (nSPS) is 32.5. The molecule has 66 valence electrons. The Bertz CT molecular complexity index is 222. The van der Waals surface area contributed by atoms with Crippen LogP contribution in [0.25, 0.3) is 0 Å². The van der Waals surface area contributed by atoms with E-state index in [1.54, 1.807) is 0 Å². The van der Waals surface area contributed by atoms with Crippen LogP contribution in [0.15, 0.2) is 0 Å². The second-order valence-electron chi connectivity index (χ2n) is 2.77. The van der Waals surface area contributed by atoms with Crippen molar-refractivity contribution in [3.05, 3.63) is 0 Å². The maximum absolute atomic E-state index is 10.7. The molecule has 0 aromatic carbocycles. The average molecular weight is 197 g/mol. The first-order valence-corrected chi connectivity index (χ1v) is 7.17. The third kappa shape index (κ3) is 3.01. The van der Waals surface area contributed by atoms with Crippen molar-refractivity contribution in [3.63, 3.8) is 0 Å². The van der Waals surface area contributed by atoms with Crippen LogP contribution in [0.3, 0.4) is 0 Å². The smallest absolute Gasteiger partial charge is 0.217 e. The van der Waals surface area contributed by atoms with Crippen LogP contribution in [-0.2, 0) is 25.2 Å².